The summed E-state index contributed by atoms with van der Waals surface area (Å²) in [4.78, 5) is 83.9. The Kier molecular flexibility index (Phi) is 14.8. The highest BCUT2D eigenvalue weighted by molar-refractivity contribution is 8.00. The minimum absolute atomic E-state index is 0.0499. The fourth-order valence-electron chi connectivity index (χ4n) is 6.52. The topological polar surface area (TPSA) is 222 Å². The molecule has 2 aliphatic rings. The number of thioether (sulfide) groups is 1. The molecule has 1 saturated heterocycles. The van der Waals surface area contributed by atoms with Crippen LogP contribution in [0.2, 0.25) is 0 Å². The first-order valence-corrected chi connectivity index (χ1v) is 22.3. The average Bonchev–Trinajstić information content (AvgIpc) is 3.88. The smallest absolute Gasteiger partial charge is 0.414 e. The average molecular weight is 922 g/mol. The molecular weight excluding hydrogens is 869 g/mol. The van der Waals surface area contributed by atoms with Gasteiger partial charge in [0.15, 0.2) is 0 Å². The molecule has 2 unspecified atom stereocenters. The van der Waals surface area contributed by atoms with Gasteiger partial charge in [0.05, 0.1) is 13.3 Å². The molecule has 342 valence electrons. The Morgan fingerprint density at radius 3 is 2.47 bits per heavy atom. The van der Waals surface area contributed by atoms with E-state index in [0.717, 1.165) is 17.0 Å². The van der Waals surface area contributed by atoms with E-state index in [1.807, 2.05) is 48.2 Å². The lowest BCUT2D eigenvalue weighted by atomic mass is 10.0. The first kappa shape index (κ1) is 47.2. The SMILES string of the molecule is CCON=C(C(=O)NC1C(=O)N2C(C(=O)OCc3ccc(OC)cc3)=C(C[n+]3cccc4c3ncn4CCCN(C)C(=O)OC(C)(C)C)CSC12)c1nsc(NC(=O)OC(C)(C)C)n1. The number of β-lactam (4-membered cyclic amide) rings is 1. The van der Waals surface area contributed by atoms with Gasteiger partial charge in [0.1, 0.15) is 59.3 Å². The number of hydrogen-bond donors (Lipinski definition) is 2. The highest BCUT2D eigenvalue weighted by atomic mass is 32.2. The maximum absolute atomic E-state index is 14.1. The number of aromatic nitrogens is 5. The Labute approximate surface area is 378 Å². The van der Waals surface area contributed by atoms with Gasteiger partial charge in [-0.05, 0) is 89.7 Å². The summed E-state index contributed by atoms with van der Waals surface area (Å²) in [7, 11) is 3.26. The second kappa shape index (κ2) is 20.0. The number of carbonyl (C=O) groups is 5. The number of anilines is 1. The van der Waals surface area contributed by atoms with Gasteiger partial charge in [0.2, 0.25) is 23.0 Å². The Morgan fingerprint density at radius 2 is 1.78 bits per heavy atom. The molecule has 0 bridgehead atoms. The van der Waals surface area contributed by atoms with E-state index < -0.39 is 52.6 Å². The molecule has 4 aromatic rings. The Balaban J connectivity index is 1.21. The summed E-state index contributed by atoms with van der Waals surface area (Å²) in [6.07, 6.45) is 3.07. The number of fused-ring (bicyclic) bond motifs is 2. The number of esters is 1. The van der Waals surface area contributed by atoms with Gasteiger partial charge in [-0.25, -0.2) is 19.0 Å². The largest absolute Gasteiger partial charge is 0.497 e. The van der Waals surface area contributed by atoms with Crippen LogP contribution >= 0.6 is 23.3 Å². The molecule has 3 aromatic heterocycles. The fourth-order valence-corrected chi connectivity index (χ4v) is 8.41. The lowest BCUT2D eigenvalue weighted by Gasteiger charge is -2.49. The van der Waals surface area contributed by atoms with Crippen LogP contribution in [0.25, 0.3) is 11.2 Å². The van der Waals surface area contributed by atoms with Crippen LogP contribution in [0.15, 0.2) is 65.3 Å². The van der Waals surface area contributed by atoms with Gasteiger partial charge in [-0.3, -0.25) is 19.8 Å². The molecule has 5 heterocycles. The molecule has 20 nitrogen and oxygen atoms in total. The van der Waals surface area contributed by atoms with Crippen molar-refractivity contribution >= 4 is 75.3 Å². The molecule has 64 heavy (non-hydrogen) atoms. The number of aryl methyl sites for hydroxylation is 1. The number of pyridine rings is 1. The number of methoxy groups -OCH3 is 1. The zero-order chi connectivity index (χ0) is 46.3. The van der Waals surface area contributed by atoms with Crippen LogP contribution in [0.1, 0.15) is 66.3 Å². The van der Waals surface area contributed by atoms with Gasteiger partial charge >= 0.3 is 23.8 Å². The number of nitrogens with zero attached hydrogens (tertiary/aromatic N) is 8. The third-order valence-electron chi connectivity index (χ3n) is 9.41. The number of nitrogens with one attached hydrogen (secondary N) is 2. The predicted molar refractivity (Wildman–Crippen MR) is 236 cm³/mol. The molecule has 22 heteroatoms. The maximum atomic E-state index is 14.1. The van der Waals surface area contributed by atoms with Crippen molar-refractivity contribution in [1.29, 1.82) is 0 Å². The first-order valence-electron chi connectivity index (χ1n) is 20.4. The summed E-state index contributed by atoms with van der Waals surface area (Å²) in [6, 6.07) is 9.82. The highest BCUT2D eigenvalue weighted by Crippen LogP contribution is 2.41. The van der Waals surface area contributed by atoms with Gasteiger partial charge in [-0.15, -0.1) is 11.8 Å². The molecule has 6 rings (SSSR count). The van der Waals surface area contributed by atoms with Crippen molar-refractivity contribution in [2.75, 3.05) is 38.4 Å². The van der Waals surface area contributed by atoms with Crippen molar-refractivity contribution in [1.82, 2.24) is 34.0 Å². The quantitative estimate of drug-likeness (QED) is 0.0391. The fraction of sp³-hybridized carbons (Fsp3) is 0.476. The van der Waals surface area contributed by atoms with Crippen LogP contribution in [0.3, 0.4) is 0 Å². The monoisotopic (exact) mass is 921 g/mol. The molecule has 2 atom stereocenters. The van der Waals surface area contributed by atoms with Crippen LogP contribution in [0.5, 0.6) is 5.75 Å². The van der Waals surface area contributed by atoms with Gasteiger partial charge in [-0.2, -0.15) is 9.36 Å². The molecule has 1 fully saturated rings. The van der Waals surface area contributed by atoms with Crippen LogP contribution in [0.4, 0.5) is 14.7 Å². The summed E-state index contributed by atoms with van der Waals surface area (Å²) in [5.74, 6) is -1.25. The standard InChI is InChI=1S/C42H52N10O10S2/c1-10-60-47-29(32-45-38(64-48-32)46-39(56)61-41(2,3)4)34(53)44-30-35(54)52-31(37(55)59-22-25-14-16-27(58-9)17-15-25)26(23-63-36(30)52)21-50-19-11-13-28-33(50)43-24-51(28)20-12-18-49(8)40(57)62-42(5,6)7/h11,13-17,19,24,30,36H,10,12,18,20-23H2,1-9H3,(H-,44,45,46,48,53,56)/p+1. The summed E-state index contributed by atoms with van der Waals surface area (Å²) < 4.78 is 29.9. The lowest BCUT2D eigenvalue weighted by molar-refractivity contribution is -0.664. The number of amides is 4. The first-order chi connectivity index (χ1) is 30.3. The van der Waals surface area contributed by atoms with Crippen molar-refractivity contribution in [3.8, 4) is 5.75 Å². The maximum Gasteiger partial charge on any atom is 0.414 e. The van der Waals surface area contributed by atoms with Crippen molar-refractivity contribution in [2.24, 2.45) is 5.16 Å². The molecular formula is C42H53N10O10S2+. The van der Waals surface area contributed by atoms with E-state index in [2.05, 4.69) is 25.1 Å². The summed E-state index contributed by atoms with van der Waals surface area (Å²) in [5.41, 5.74) is 1.20. The molecule has 0 aliphatic carbocycles. The van der Waals surface area contributed by atoms with E-state index in [4.69, 9.17) is 28.8 Å². The molecule has 0 saturated carbocycles. The molecule has 2 N–H and O–H groups in total. The van der Waals surface area contributed by atoms with Gasteiger partial charge in [0, 0.05) is 43.0 Å². The third kappa shape index (κ3) is 11.6. The van der Waals surface area contributed by atoms with E-state index in [1.54, 1.807) is 77.3 Å². The van der Waals surface area contributed by atoms with Crippen LogP contribution < -0.4 is 19.9 Å². The third-order valence-corrected chi connectivity index (χ3v) is 11.4. The zero-order valence-corrected chi connectivity index (χ0v) is 38.8. The number of hydrogen-bond acceptors (Lipinski definition) is 16. The van der Waals surface area contributed by atoms with E-state index >= 15 is 0 Å². The second-order valence-electron chi connectivity index (χ2n) is 16.7. The lowest BCUT2D eigenvalue weighted by Crippen LogP contribution is -2.71. The van der Waals surface area contributed by atoms with E-state index in [-0.39, 0.29) is 42.1 Å². The Hall–Kier alpha value is -6.29. The van der Waals surface area contributed by atoms with Crippen molar-refractivity contribution < 1.29 is 52.3 Å². The van der Waals surface area contributed by atoms with Crippen molar-refractivity contribution in [3.05, 3.63) is 71.6 Å². The Morgan fingerprint density at radius 1 is 1.05 bits per heavy atom. The minimum Gasteiger partial charge on any atom is -0.497 e. The Bertz CT molecular complexity index is 2440. The van der Waals surface area contributed by atoms with E-state index in [0.29, 0.717) is 47.8 Å². The summed E-state index contributed by atoms with van der Waals surface area (Å²) in [6.45, 7) is 13.6. The molecule has 2 aliphatic heterocycles. The normalized spacial score (nSPS) is 16.4. The zero-order valence-electron chi connectivity index (χ0n) is 37.2. The van der Waals surface area contributed by atoms with Crippen LogP contribution in [-0.2, 0) is 53.1 Å². The number of imidazole rings is 1. The number of ether oxygens (including phenoxy) is 4. The van der Waals surface area contributed by atoms with Gasteiger partial charge < -0.3 is 38.6 Å². The highest BCUT2D eigenvalue weighted by Gasteiger charge is 2.55. The van der Waals surface area contributed by atoms with Crippen LogP contribution in [0, 0.1) is 0 Å². The molecule has 1 aromatic carbocycles. The molecule has 4 amide bonds. The number of rotatable bonds is 16. The van der Waals surface area contributed by atoms with Crippen LogP contribution in [-0.4, -0.2) is 120 Å². The van der Waals surface area contributed by atoms with E-state index in [1.165, 1.54) is 16.7 Å². The molecule has 0 radical (unpaired) electrons. The van der Waals surface area contributed by atoms with E-state index in [9.17, 15) is 24.0 Å². The predicted octanol–water partition coefficient (Wildman–Crippen LogP) is 4.63. The van der Waals surface area contributed by atoms with Gasteiger partial charge in [0.25, 0.3) is 11.8 Å². The summed E-state index contributed by atoms with van der Waals surface area (Å²) in [5, 5.41) is 8.52. The number of oxime groups is 1. The second-order valence-corrected chi connectivity index (χ2v) is 18.5. The molecule has 0 spiro atoms. The number of carbonyl (C=O) groups excluding carboxylic acids is 5. The van der Waals surface area contributed by atoms with Crippen molar-refractivity contribution in [3.63, 3.8) is 0 Å². The minimum atomic E-state index is -1.06. The van der Waals surface area contributed by atoms with Gasteiger partial charge in [-0.1, -0.05) is 17.3 Å². The number of benzene rings is 1. The van der Waals surface area contributed by atoms with Crippen molar-refractivity contribution in [2.45, 2.75) is 97.2 Å². The summed E-state index contributed by atoms with van der Waals surface area (Å²) >= 11 is 2.17.